The van der Waals surface area contributed by atoms with Gasteiger partial charge in [0.15, 0.2) is 0 Å². The first-order valence-electron chi connectivity index (χ1n) is 7.38. The summed E-state index contributed by atoms with van der Waals surface area (Å²) in [5.41, 5.74) is 1.27. The SMILES string of the molecule is O=C(O)[C@@H]1[C@H](C(=O)O)[C@@H](c2ccccc2Cl)[C@H]1c1ccccc1Cl. The van der Waals surface area contributed by atoms with Crippen molar-refractivity contribution in [3.63, 3.8) is 0 Å². The van der Waals surface area contributed by atoms with Gasteiger partial charge in [0, 0.05) is 21.9 Å². The number of halogens is 2. The topological polar surface area (TPSA) is 74.6 Å². The smallest absolute Gasteiger partial charge is 0.308 e. The van der Waals surface area contributed by atoms with Gasteiger partial charge in [-0.3, -0.25) is 9.59 Å². The molecule has 0 spiro atoms. The average Bonchev–Trinajstić information content (AvgIpc) is 2.49. The first-order chi connectivity index (χ1) is 11.4. The Hall–Kier alpha value is -2.04. The van der Waals surface area contributed by atoms with Crippen LogP contribution in [0.3, 0.4) is 0 Å². The highest BCUT2D eigenvalue weighted by molar-refractivity contribution is 6.32. The van der Waals surface area contributed by atoms with E-state index in [1.165, 1.54) is 0 Å². The maximum Gasteiger partial charge on any atom is 0.308 e. The third kappa shape index (κ3) is 2.66. The number of carboxylic acid groups (broad SMARTS) is 2. The van der Waals surface area contributed by atoms with E-state index in [2.05, 4.69) is 0 Å². The van der Waals surface area contributed by atoms with E-state index in [4.69, 9.17) is 23.2 Å². The number of hydrogen-bond donors (Lipinski definition) is 2. The third-order valence-corrected chi connectivity index (χ3v) is 5.33. The molecule has 0 aliphatic heterocycles. The van der Waals surface area contributed by atoms with Crippen LogP contribution in [0.4, 0.5) is 0 Å². The molecule has 4 nitrogen and oxygen atoms in total. The first-order valence-corrected chi connectivity index (χ1v) is 8.13. The molecule has 0 heterocycles. The van der Waals surface area contributed by atoms with Crippen LogP contribution in [0, 0.1) is 11.8 Å². The Bertz CT molecular complexity index is 738. The van der Waals surface area contributed by atoms with Crippen LogP contribution < -0.4 is 0 Å². The lowest BCUT2D eigenvalue weighted by atomic mass is 9.52. The van der Waals surface area contributed by atoms with Crippen molar-refractivity contribution in [2.45, 2.75) is 11.8 Å². The molecule has 2 aromatic carbocycles. The Morgan fingerprint density at radius 2 is 1.04 bits per heavy atom. The molecular formula is C18H14Cl2O4. The number of carboxylic acids is 2. The molecule has 0 unspecified atom stereocenters. The van der Waals surface area contributed by atoms with Crippen molar-refractivity contribution < 1.29 is 19.8 Å². The summed E-state index contributed by atoms with van der Waals surface area (Å²) in [6.45, 7) is 0. The van der Waals surface area contributed by atoms with Crippen molar-refractivity contribution in [1.29, 1.82) is 0 Å². The van der Waals surface area contributed by atoms with E-state index < -0.39 is 35.6 Å². The Kier molecular flexibility index (Phi) is 4.52. The summed E-state index contributed by atoms with van der Waals surface area (Å²) in [4.78, 5) is 23.4. The zero-order valence-corrected chi connectivity index (χ0v) is 13.9. The molecule has 3 rings (SSSR count). The van der Waals surface area contributed by atoms with E-state index >= 15 is 0 Å². The van der Waals surface area contributed by atoms with Crippen LogP contribution in [0.5, 0.6) is 0 Å². The molecule has 0 aromatic heterocycles. The van der Waals surface area contributed by atoms with Crippen molar-refractivity contribution in [1.82, 2.24) is 0 Å². The van der Waals surface area contributed by atoms with Crippen molar-refractivity contribution in [2.24, 2.45) is 11.8 Å². The number of aliphatic carboxylic acids is 2. The summed E-state index contributed by atoms with van der Waals surface area (Å²) in [5, 5.41) is 20.0. The lowest BCUT2D eigenvalue weighted by molar-refractivity contribution is -0.164. The fourth-order valence-corrected chi connectivity index (χ4v) is 4.15. The highest BCUT2D eigenvalue weighted by Crippen LogP contribution is 2.59. The van der Waals surface area contributed by atoms with E-state index in [-0.39, 0.29) is 0 Å². The van der Waals surface area contributed by atoms with E-state index in [9.17, 15) is 19.8 Å². The van der Waals surface area contributed by atoms with E-state index in [1.807, 2.05) is 0 Å². The van der Waals surface area contributed by atoms with Crippen LogP contribution >= 0.6 is 23.2 Å². The summed E-state index contributed by atoms with van der Waals surface area (Å²) in [6, 6.07) is 13.9. The number of hydrogen-bond acceptors (Lipinski definition) is 2. The van der Waals surface area contributed by atoms with Crippen molar-refractivity contribution in [3.8, 4) is 0 Å². The Labute approximate surface area is 148 Å². The van der Waals surface area contributed by atoms with Crippen LogP contribution in [0.15, 0.2) is 48.5 Å². The van der Waals surface area contributed by atoms with Crippen molar-refractivity contribution in [2.75, 3.05) is 0 Å². The molecule has 1 fully saturated rings. The minimum absolute atomic E-state index is 0.426. The molecular weight excluding hydrogens is 351 g/mol. The van der Waals surface area contributed by atoms with E-state index in [0.29, 0.717) is 21.2 Å². The predicted octanol–water partition coefficient (Wildman–Crippen LogP) is 4.28. The molecule has 2 N–H and O–H groups in total. The molecule has 6 heteroatoms. The zero-order valence-electron chi connectivity index (χ0n) is 12.4. The summed E-state index contributed by atoms with van der Waals surface area (Å²) in [7, 11) is 0. The molecule has 0 bridgehead atoms. The van der Waals surface area contributed by atoms with Gasteiger partial charge in [-0.25, -0.2) is 0 Å². The lowest BCUT2D eigenvalue weighted by Gasteiger charge is -2.48. The van der Waals surface area contributed by atoms with Crippen LogP contribution in [0.25, 0.3) is 0 Å². The number of benzene rings is 2. The molecule has 1 aliphatic carbocycles. The largest absolute Gasteiger partial charge is 0.481 e. The van der Waals surface area contributed by atoms with Gasteiger partial charge in [-0.05, 0) is 23.3 Å². The van der Waals surface area contributed by atoms with E-state index in [0.717, 1.165) is 0 Å². The van der Waals surface area contributed by atoms with Gasteiger partial charge in [0.2, 0.25) is 0 Å². The molecule has 4 atom stereocenters. The van der Waals surface area contributed by atoms with Crippen LogP contribution in [-0.2, 0) is 9.59 Å². The maximum absolute atomic E-state index is 11.7. The molecule has 24 heavy (non-hydrogen) atoms. The van der Waals surface area contributed by atoms with Crippen molar-refractivity contribution >= 4 is 35.1 Å². The minimum atomic E-state index is -1.14. The highest BCUT2D eigenvalue weighted by atomic mass is 35.5. The zero-order chi connectivity index (χ0) is 17.4. The van der Waals surface area contributed by atoms with Crippen LogP contribution in [0.1, 0.15) is 23.0 Å². The monoisotopic (exact) mass is 364 g/mol. The fraction of sp³-hybridized carbons (Fsp3) is 0.222. The summed E-state index contributed by atoms with van der Waals surface area (Å²) >= 11 is 12.5. The molecule has 2 aromatic rings. The van der Waals surface area contributed by atoms with Gasteiger partial charge in [0.1, 0.15) is 0 Å². The van der Waals surface area contributed by atoms with E-state index in [1.54, 1.807) is 48.5 Å². The van der Waals surface area contributed by atoms with Gasteiger partial charge in [-0.1, -0.05) is 59.6 Å². The van der Waals surface area contributed by atoms with Crippen molar-refractivity contribution in [3.05, 3.63) is 69.7 Å². The van der Waals surface area contributed by atoms with Gasteiger partial charge >= 0.3 is 11.9 Å². The average molecular weight is 365 g/mol. The fourth-order valence-electron chi connectivity index (χ4n) is 3.63. The second-order valence-electron chi connectivity index (χ2n) is 5.82. The standard InChI is InChI=1S/C18H14Cl2O4/c19-11-7-3-1-5-9(11)13-14(10-6-2-4-8-12(10)20)16(18(23)24)15(13)17(21)22/h1-8,13-16H,(H,21,22)(H,23,24)/t13-,14+,15+,16-. The van der Waals surface area contributed by atoms with Crippen LogP contribution in [-0.4, -0.2) is 22.2 Å². The highest BCUT2D eigenvalue weighted by Gasteiger charge is 2.59. The van der Waals surface area contributed by atoms with Gasteiger partial charge in [-0.15, -0.1) is 0 Å². The lowest BCUT2D eigenvalue weighted by Crippen LogP contribution is -2.51. The number of carbonyl (C=O) groups is 2. The molecule has 0 amide bonds. The van der Waals surface area contributed by atoms with Gasteiger partial charge in [0.05, 0.1) is 11.8 Å². The normalized spacial score (nSPS) is 25.8. The summed E-state index contributed by atoms with van der Waals surface area (Å²) < 4.78 is 0. The molecule has 1 aliphatic rings. The second-order valence-corrected chi connectivity index (χ2v) is 6.64. The quantitative estimate of drug-likeness (QED) is 0.848. The Morgan fingerprint density at radius 3 is 1.33 bits per heavy atom. The minimum Gasteiger partial charge on any atom is -0.481 e. The maximum atomic E-state index is 11.7. The van der Waals surface area contributed by atoms with Gasteiger partial charge < -0.3 is 10.2 Å². The molecule has 124 valence electrons. The van der Waals surface area contributed by atoms with Gasteiger partial charge in [-0.2, -0.15) is 0 Å². The first kappa shape index (κ1) is 16.8. The Morgan fingerprint density at radius 1 is 0.708 bits per heavy atom. The summed E-state index contributed by atoms with van der Waals surface area (Å²) in [5.74, 6) is -5.48. The molecule has 0 radical (unpaired) electrons. The van der Waals surface area contributed by atoms with Crippen LogP contribution in [0.2, 0.25) is 10.0 Å². The Balaban J connectivity index is 2.15. The second kappa shape index (κ2) is 6.46. The molecule has 1 saturated carbocycles. The predicted molar refractivity (Wildman–Crippen MR) is 90.6 cm³/mol. The third-order valence-electron chi connectivity index (χ3n) is 4.65. The van der Waals surface area contributed by atoms with Gasteiger partial charge in [0.25, 0.3) is 0 Å². The summed E-state index contributed by atoms with van der Waals surface area (Å²) in [6.07, 6.45) is 0. The number of rotatable bonds is 4. The molecule has 0 saturated heterocycles.